The zero-order valence-electron chi connectivity index (χ0n) is 25.4. The van der Waals surface area contributed by atoms with Crippen LogP contribution < -0.4 is 0 Å². The van der Waals surface area contributed by atoms with Gasteiger partial charge in [0.05, 0.1) is 0 Å². The van der Waals surface area contributed by atoms with Crippen LogP contribution in [0.1, 0.15) is 157 Å². The topological polar surface area (TPSA) is 99.1 Å². The Morgan fingerprint density at radius 2 is 1.18 bits per heavy atom. The summed E-state index contributed by atoms with van der Waals surface area (Å²) in [7, 11) is 0. The minimum Gasteiger partial charge on any atom is -0.481 e. The van der Waals surface area contributed by atoms with Crippen LogP contribution in [-0.4, -0.2) is 41.0 Å². The second kappa shape index (κ2) is 22.1. The van der Waals surface area contributed by atoms with E-state index in [0.717, 1.165) is 70.6 Å². The highest BCUT2D eigenvalue weighted by molar-refractivity contribution is 5.70. The van der Waals surface area contributed by atoms with Crippen molar-refractivity contribution in [3.05, 3.63) is 0 Å². The van der Waals surface area contributed by atoms with E-state index < -0.39 is 29.9 Å². The summed E-state index contributed by atoms with van der Waals surface area (Å²) in [5, 5.41) is 9.07. The highest BCUT2D eigenvalue weighted by Gasteiger charge is 2.25. The Bertz CT molecular complexity index is 630. The Hall–Kier alpha value is -1.79. The van der Waals surface area contributed by atoms with E-state index in [1.165, 1.54) is 6.42 Å². The number of unbranched alkanes of at least 4 members (excludes halogenated alkanes) is 7. The van der Waals surface area contributed by atoms with Crippen LogP contribution in [-0.2, 0) is 23.8 Å². The Balaban J connectivity index is 4.93. The van der Waals surface area contributed by atoms with Gasteiger partial charge in [0.15, 0.2) is 0 Å². The summed E-state index contributed by atoms with van der Waals surface area (Å²) in [6, 6.07) is 0. The van der Waals surface area contributed by atoms with E-state index in [-0.39, 0.29) is 25.2 Å². The molecule has 7 nitrogen and oxygen atoms in total. The van der Waals surface area contributed by atoms with Crippen LogP contribution in [0.4, 0.5) is 4.79 Å². The lowest BCUT2D eigenvalue weighted by molar-refractivity contribution is -0.158. The number of aliphatic carboxylic acids is 1. The fourth-order valence-corrected chi connectivity index (χ4v) is 4.51. The van der Waals surface area contributed by atoms with Crippen molar-refractivity contribution < 1.29 is 33.7 Å². The van der Waals surface area contributed by atoms with E-state index >= 15 is 0 Å². The van der Waals surface area contributed by atoms with Gasteiger partial charge in [-0.1, -0.05) is 79.1 Å². The maximum atomic E-state index is 12.7. The number of rotatable bonds is 24. The van der Waals surface area contributed by atoms with Crippen molar-refractivity contribution in [1.29, 1.82) is 0 Å². The van der Waals surface area contributed by atoms with Gasteiger partial charge in [0.1, 0.15) is 17.8 Å². The van der Waals surface area contributed by atoms with Gasteiger partial charge in [0, 0.05) is 12.8 Å². The molecular weight excluding hydrogens is 484 g/mol. The zero-order chi connectivity index (χ0) is 28.8. The number of ether oxygens (including phenoxy) is 3. The molecule has 0 aromatic carbocycles. The molecule has 0 aliphatic rings. The summed E-state index contributed by atoms with van der Waals surface area (Å²) < 4.78 is 17.0. The fourth-order valence-electron chi connectivity index (χ4n) is 4.51. The average molecular weight is 543 g/mol. The van der Waals surface area contributed by atoms with E-state index in [1.807, 2.05) is 13.8 Å². The van der Waals surface area contributed by atoms with Crippen molar-refractivity contribution >= 4 is 18.1 Å². The highest BCUT2D eigenvalue weighted by atomic mass is 16.7. The van der Waals surface area contributed by atoms with Crippen molar-refractivity contribution in [1.82, 2.24) is 0 Å². The van der Waals surface area contributed by atoms with E-state index in [1.54, 1.807) is 0 Å². The quantitative estimate of drug-likeness (QED) is 0.0959. The van der Waals surface area contributed by atoms with E-state index in [9.17, 15) is 14.4 Å². The minimum absolute atomic E-state index is 0.0502. The van der Waals surface area contributed by atoms with Gasteiger partial charge in [0.2, 0.25) is 0 Å². The van der Waals surface area contributed by atoms with Gasteiger partial charge >= 0.3 is 18.1 Å². The predicted octanol–water partition coefficient (Wildman–Crippen LogP) is 9.00. The predicted molar refractivity (Wildman–Crippen MR) is 152 cm³/mol. The van der Waals surface area contributed by atoms with Crippen molar-refractivity contribution in [2.24, 2.45) is 5.92 Å². The second-order valence-electron chi connectivity index (χ2n) is 11.8. The molecule has 224 valence electrons. The molecule has 0 aliphatic heterocycles. The van der Waals surface area contributed by atoms with Crippen molar-refractivity contribution in [2.75, 3.05) is 0 Å². The number of hydrogen-bond acceptors (Lipinski definition) is 6. The van der Waals surface area contributed by atoms with Gasteiger partial charge < -0.3 is 19.3 Å². The lowest BCUT2D eigenvalue weighted by Gasteiger charge is -2.26. The summed E-state index contributed by atoms with van der Waals surface area (Å²) in [6.45, 7) is 12.6. The minimum atomic E-state index is -0.906. The van der Waals surface area contributed by atoms with Gasteiger partial charge in [-0.3, -0.25) is 9.59 Å². The third-order valence-electron chi connectivity index (χ3n) is 6.84. The first-order chi connectivity index (χ1) is 18.0. The van der Waals surface area contributed by atoms with Gasteiger partial charge in [-0.2, -0.15) is 0 Å². The molecule has 0 aliphatic carbocycles. The molecule has 1 N–H and O–H groups in total. The molecule has 0 spiro atoms. The van der Waals surface area contributed by atoms with Crippen molar-refractivity contribution in [2.45, 2.75) is 175 Å². The van der Waals surface area contributed by atoms with Crippen LogP contribution >= 0.6 is 0 Å². The first-order valence-electron chi connectivity index (χ1n) is 15.3. The smallest absolute Gasteiger partial charge is 0.481 e. The Labute approximate surface area is 232 Å². The summed E-state index contributed by atoms with van der Waals surface area (Å²) in [5.41, 5.74) is -0.517. The summed E-state index contributed by atoms with van der Waals surface area (Å²) in [5.74, 6) is -0.560. The van der Waals surface area contributed by atoms with Gasteiger partial charge in [-0.25, -0.2) is 4.79 Å². The number of carboxylic acids is 1. The molecule has 0 saturated carbocycles. The number of hydrogen-bond donors (Lipinski definition) is 1. The van der Waals surface area contributed by atoms with Gasteiger partial charge in [-0.05, 0) is 71.1 Å². The van der Waals surface area contributed by atoms with Crippen LogP contribution in [0, 0.1) is 5.92 Å². The Morgan fingerprint density at radius 3 is 1.68 bits per heavy atom. The van der Waals surface area contributed by atoms with E-state index in [4.69, 9.17) is 19.3 Å². The van der Waals surface area contributed by atoms with Gasteiger partial charge in [-0.15, -0.1) is 0 Å². The maximum Gasteiger partial charge on any atom is 0.508 e. The summed E-state index contributed by atoms with van der Waals surface area (Å²) in [4.78, 5) is 36.3. The maximum absolute atomic E-state index is 12.7. The molecule has 2 unspecified atom stereocenters. The lowest BCUT2D eigenvalue weighted by Crippen LogP contribution is -2.29. The third kappa shape index (κ3) is 22.2. The molecule has 0 aromatic heterocycles. The summed E-state index contributed by atoms with van der Waals surface area (Å²) in [6.07, 6.45) is 12.9. The average Bonchev–Trinajstić information content (AvgIpc) is 2.82. The number of carbonyl (C=O) groups excluding carboxylic acids is 2. The first kappa shape index (κ1) is 36.2. The number of carboxylic acid groups (broad SMARTS) is 1. The number of esters is 1. The highest BCUT2D eigenvalue weighted by Crippen LogP contribution is 2.23. The normalized spacial score (nSPS) is 13.2. The molecule has 0 bridgehead atoms. The van der Waals surface area contributed by atoms with E-state index in [2.05, 4.69) is 27.7 Å². The zero-order valence-corrected chi connectivity index (χ0v) is 25.4. The molecule has 0 heterocycles. The molecule has 38 heavy (non-hydrogen) atoms. The Morgan fingerprint density at radius 1 is 0.684 bits per heavy atom. The summed E-state index contributed by atoms with van der Waals surface area (Å²) >= 11 is 0. The molecule has 0 fully saturated rings. The van der Waals surface area contributed by atoms with Crippen molar-refractivity contribution in [3.8, 4) is 0 Å². The van der Waals surface area contributed by atoms with Gasteiger partial charge in [0.25, 0.3) is 0 Å². The van der Waals surface area contributed by atoms with Crippen LogP contribution in [0.3, 0.4) is 0 Å². The molecule has 0 amide bonds. The van der Waals surface area contributed by atoms with Crippen LogP contribution in [0.5, 0.6) is 0 Å². The fraction of sp³-hybridized carbons (Fsp3) is 0.903. The molecule has 0 aromatic rings. The molecule has 2 atom stereocenters. The molecule has 0 radical (unpaired) electrons. The standard InChI is InChI=1S/C31H58O7/c1-7-9-11-13-15-19-27(21-23-29(34)38-31(5,6)24-16-17-25(3)4)37-30(35)36-26(20-22-28(32)33)18-14-12-10-8-2/h25-27H,7-24H2,1-6H3,(H,32,33). The largest absolute Gasteiger partial charge is 0.508 e. The van der Waals surface area contributed by atoms with Crippen LogP contribution in [0.15, 0.2) is 0 Å². The van der Waals surface area contributed by atoms with E-state index in [0.29, 0.717) is 25.2 Å². The number of carbonyl (C=O) groups is 3. The Kier molecular flexibility index (Phi) is 21.0. The lowest BCUT2D eigenvalue weighted by atomic mass is 9.97. The molecule has 0 rings (SSSR count). The van der Waals surface area contributed by atoms with Crippen LogP contribution in [0.25, 0.3) is 0 Å². The molecule has 7 heteroatoms. The molecule has 0 saturated heterocycles. The second-order valence-corrected chi connectivity index (χ2v) is 11.8. The SMILES string of the molecule is CCCCCCCC(CCC(=O)OC(C)(C)CCCC(C)C)OC(=O)OC(CCCCCC)CCC(=O)O. The third-order valence-corrected chi connectivity index (χ3v) is 6.84. The molecular formula is C31H58O7. The van der Waals surface area contributed by atoms with Crippen LogP contribution in [0.2, 0.25) is 0 Å². The van der Waals surface area contributed by atoms with Crippen molar-refractivity contribution in [3.63, 3.8) is 0 Å². The monoisotopic (exact) mass is 542 g/mol. The first-order valence-corrected chi connectivity index (χ1v) is 15.3.